The predicted molar refractivity (Wildman–Crippen MR) is 123 cm³/mol. The lowest BCUT2D eigenvalue weighted by Crippen LogP contribution is -2.48. The lowest BCUT2D eigenvalue weighted by molar-refractivity contribution is -0.131. The molecule has 7 nitrogen and oxygen atoms in total. The molecular formula is C22H29FN6OS. The quantitative estimate of drug-likeness (QED) is 0.637. The van der Waals surface area contributed by atoms with E-state index in [1.165, 1.54) is 23.5 Å². The summed E-state index contributed by atoms with van der Waals surface area (Å²) in [4.78, 5) is 21.8. The Morgan fingerprint density at radius 2 is 1.97 bits per heavy atom. The first-order valence-electron chi connectivity index (χ1n) is 10.7. The first-order valence-corrected chi connectivity index (χ1v) is 11.5. The summed E-state index contributed by atoms with van der Waals surface area (Å²) in [7, 11) is 0. The number of piperazine rings is 1. The molecule has 0 unspecified atom stereocenters. The molecule has 3 heterocycles. The number of nitrogens with zero attached hydrogens (tertiary/aromatic N) is 5. The summed E-state index contributed by atoms with van der Waals surface area (Å²) in [5, 5.41) is 9.21. The highest BCUT2D eigenvalue weighted by atomic mass is 32.1. The van der Waals surface area contributed by atoms with Crippen LogP contribution < -0.4 is 10.2 Å². The molecule has 1 aromatic carbocycles. The zero-order chi connectivity index (χ0) is 22.2. The SMILES string of the molecule is CCCC(=O)N1CCN(c2nn3c(NC(C)(C)C)c(-c4cccc(F)c4)nc3s2)CC1. The van der Waals surface area contributed by atoms with Crippen molar-refractivity contribution in [2.24, 2.45) is 0 Å². The summed E-state index contributed by atoms with van der Waals surface area (Å²) >= 11 is 1.51. The Balaban J connectivity index is 1.63. The van der Waals surface area contributed by atoms with Crippen LogP contribution in [0.5, 0.6) is 0 Å². The zero-order valence-corrected chi connectivity index (χ0v) is 19.3. The molecule has 1 amide bonds. The van der Waals surface area contributed by atoms with Gasteiger partial charge in [-0.15, -0.1) is 5.10 Å². The van der Waals surface area contributed by atoms with Gasteiger partial charge in [0, 0.05) is 43.7 Å². The highest BCUT2D eigenvalue weighted by Crippen LogP contribution is 2.35. The van der Waals surface area contributed by atoms with Gasteiger partial charge >= 0.3 is 0 Å². The number of fused-ring (bicyclic) bond motifs is 1. The number of nitrogens with one attached hydrogen (secondary N) is 1. The van der Waals surface area contributed by atoms with E-state index in [0.29, 0.717) is 30.8 Å². The van der Waals surface area contributed by atoms with E-state index in [4.69, 9.17) is 10.1 Å². The molecule has 1 N–H and O–H groups in total. The lowest BCUT2D eigenvalue weighted by Gasteiger charge is -2.34. The van der Waals surface area contributed by atoms with Crippen LogP contribution in [0.1, 0.15) is 40.5 Å². The first kappa shape index (κ1) is 21.5. The van der Waals surface area contributed by atoms with Crippen molar-refractivity contribution in [3.63, 3.8) is 0 Å². The fourth-order valence-electron chi connectivity index (χ4n) is 3.69. The van der Waals surface area contributed by atoms with Gasteiger partial charge in [-0.05, 0) is 39.3 Å². The Kier molecular flexibility index (Phi) is 5.88. The zero-order valence-electron chi connectivity index (χ0n) is 18.5. The first-order chi connectivity index (χ1) is 14.7. The number of imidazole rings is 1. The minimum absolute atomic E-state index is 0.215. The molecule has 1 saturated heterocycles. The number of benzene rings is 1. The van der Waals surface area contributed by atoms with Crippen LogP contribution in [0, 0.1) is 5.82 Å². The number of anilines is 2. The molecule has 9 heteroatoms. The van der Waals surface area contributed by atoms with Crippen molar-refractivity contribution in [3.05, 3.63) is 30.1 Å². The van der Waals surface area contributed by atoms with Crippen LogP contribution in [0.4, 0.5) is 15.3 Å². The molecule has 0 radical (unpaired) electrons. The molecule has 1 aliphatic rings. The second kappa shape index (κ2) is 8.45. The van der Waals surface area contributed by atoms with Gasteiger partial charge < -0.3 is 15.1 Å². The van der Waals surface area contributed by atoms with Crippen molar-refractivity contribution >= 4 is 33.2 Å². The van der Waals surface area contributed by atoms with E-state index in [-0.39, 0.29) is 17.3 Å². The van der Waals surface area contributed by atoms with Crippen molar-refractivity contribution in [3.8, 4) is 11.3 Å². The monoisotopic (exact) mass is 444 g/mol. The van der Waals surface area contributed by atoms with Gasteiger partial charge in [-0.25, -0.2) is 9.37 Å². The molecular weight excluding hydrogens is 415 g/mol. The number of amides is 1. The number of carbonyl (C=O) groups is 1. The van der Waals surface area contributed by atoms with Gasteiger partial charge in [-0.3, -0.25) is 4.79 Å². The number of aromatic nitrogens is 3. The van der Waals surface area contributed by atoms with E-state index >= 15 is 0 Å². The minimum atomic E-state index is -0.292. The average Bonchev–Trinajstić information content (AvgIpc) is 3.27. The molecule has 31 heavy (non-hydrogen) atoms. The topological polar surface area (TPSA) is 65.8 Å². The minimum Gasteiger partial charge on any atom is -0.364 e. The van der Waals surface area contributed by atoms with Crippen LogP contribution in [-0.2, 0) is 4.79 Å². The van der Waals surface area contributed by atoms with Crippen molar-refractivity contribution < 1.29 is 9.18 Å². The highest BCUT2D eigenvalue weighted by molar-refractivity contribution is 7.20. The van der Waals surface area contributed by atoms with Crippen molar-refractivity contribution in [2.75, 3.05) is 36.4 Å². The Labute approximate surface area is 185 Å². The van der Waals surface area contributed by atoms with Gasteiger partial charge in [0.05, 0.1) is 0 Å². The number of halogens is 1. The fraction of sp³-hybridized carbons (Fsp3) is 0.500. The lowest BCUT2D eigenvalue weighted by atomic mass is 10.1. The third-order valence-corrected chi connectivity index (χ3v) is 6.12. The van der Waals surface area contributed by atoms with Gasteiger partial charge in [0.2, 0.25) is 16.0 Å². The van der Waals surface area contributed by atoms with Crippen LogP contribution in [0.25, 0.3) is 16.2 Å². The van der Waals surface area contributed by atoms with Crippen LogP contribution >= 0.6 is 11.3 Å². The molecule has 4 rings (SSSR count). The van der Waals surface area contributed by atoms with Gasteiger partial charge in [0.25, 0.3) is 0 Å². The molecule has 2 aromatic heterocycles. The molecule has 0 atom stereocenters. The normalized spacial score (nSPS) is 15.0. The maximum Gasteiger partial charge on any atom is 0.222 e. The van der Waals surface area contributed by atoms with Crippen LogP contribution in [0.3, 0.4) is 0 Å². The van der Waals surface area contributed by atoms with Gasteiger partial charge in [0.1, 0.15) is 11.5 Å². The second-order valence-corrected chi connectivity index (χ2v) is 9.83. The van der Waals surface area contributed by atoms with E-state index in [1.54, 1.807) is 6.07 Å². The molecule has 166 valence electrons. The third-order valence-electron chi connectivity index (χ3n) is 5.15. The number of rotatable bonds is 5. The van der Waals surface area contributed by atoms with Crippen molar-refractivity contribution in [1.29, 1.82) is 0 Å². The van der Waals surface area contributed by atoms with Gasteiger partial charge in [-0.1, -0.05) is 30.4 Å². The van der Waals surface area contributed by atoms with Crippen LogP contribution in [-0.4, -0.2) is 57.1 Å². The van der Waals surface area contributed by atoms with Crippen molar-refractivity contribution in [1.82, 2.24) is 19.5 Å². The van der Waals surface area contributed by atoms with E-state index in [0.717, 1.165) is 35.4 Å². The molecule has 0 spiro atoms. The number of hydrogen-bond donors (Lipinski definition) is 1. The molecule has 0 bridgehead atoms. The maximum atomic E-state index is 13.8. The fourth-order valence-corrected chi connectivity index (χ4v) is 4.64. The molecule has 0 saturated carbocycles. The standard InChI is InChI=1S/C22H29FN6OS/c1-5-7-17(30)27-10-12-28(13-11-27)21-26-29-19(25-22(2,3)4)18(24-20(29)31-21)15-8-6-9-16(23)14-15/h6,8-9,14,25H,5,7,10-13H2,1-4H3. The highest BCUT2D eigenvalue weighted by Gasteiger charge is 2.26. The van der Waals surface area contributed by atoms with Crippen LogP contribution in [0.15, 0.2) is 24.3 Å². The molecule has 0 aliphatic carbocycles. The molecule has 3 aromatic rings. The largest absolute Gasteiger partial charge is 0.364 e. The third kappa shape index (κ3) is 4.66. The van der Waals surface area contributed by atoms with E-state index < -0.39 is 0 Å². The summed E-state index contributed by atoms with van der Waals surface area (Å²) in [5.74, 6) is 0.694. The average molecular weight is 445 g/mol. The Morgan fingerprint density at radius 1 is 1.23 bits per heavy atom. The Morgan fingerprint density at radius 3 is 2.61 bits per heavy atom. The maximum absolute atomic E-state index is 13.8. The second-order valence-electron chi connectivity index (χ2n) is 8.89. The van der Waals surface area contributed by atoms with Crippen LogP contribution in [0.2, 0.25) is 0 Å². The summed E-state index contributed by atoms with van der Waals surface area (Å²) < 4.78 is 15.7. The smallest absolute Gasteiger partial charge is 0.222 e. The van der Waals surface area contributed by atoms with Gasteiger partial charge in [-0.2, -0.15) is 4.52 Å². The van der Waals surface area contributed by atoms with Crippen molar-refractivity contribution in [2.45, 2.75) is 46.1 Å². The molecule has 1 aliphatic heterocycles. The summed E-state index contributed by atoms with van der Waals surface area (Å²) in [5.41, 5.74) is 1.19. The summed E-state index contributed by atoms with van der Waals surface area (Å²) in [6.45, 7) is 11.2. The predicted octanol–water partition coefficient (Wildman–Crippen LogP) is 4.26. The summed E-state index contributed by atoms with van der Waals surface area (Å²) in [6.07, 6.45) is 1.48. The van der Waals surface area contributed by atoms with E-state index in [1.807, 2.05) is 22.4 Å². The van der Waals surface area contributed by atoms with E-state index in [2.05, 4.69) is 31.0 Å². The number of hydrogen-bond acceptors (Lipinski definition) is 6. The summed E-state index contributed by atoms with van der Waals surface area (Å²) in [6, 6.07) is 6.47. The number of carbonyl (C=O) groups excluding carboxylic acids is 1. The Bertz CT molecular complexity index is 1080. The molecule has 1 fully saturated rings. The Hall–Kier alpha value is -2.68. The van der Waals surface area contributed by atoms with E-state index in [9.17, 15) is 9.18 Å². The van der Waals surface area contributed by atoms with Gasteiger partial charge in [0.15, 0.2) is 5.82 Å².